The van der Waals surface area contributed by atoms with Crippen LogP contribution in [-0.4, -0.2) is 51.1 Å². The molecule has 0 spiro atoms. The maximum absolute atomic E-state index is 13.3. The van der Waals surface area contributed by atoms with E-state index in [4.69, 9.17) is 9.41 Å². The van der Waals surface area contributed by atoms with Crippen molar-refractivity contribution >= 4 is 71.7 Å². The van der Waals surface area contributed by atoms with Crippen molar-refractivity contribution in [3.05, 3.63) is 105 Å². The highest BCUT2D eigenvalue weighted by molar-refractivity contribution is 7.86. The van der Waals surface area contributed by atoms with Gasteiger partial charge in [0.1, 0.15) is 21.1 Å². The molecule has 2 aliphatic rings. The number of carbonyl (C=O) groups is 2. The van der Waals surface area contributed by atoms with Gasteiger partial charge in [-0.2, -0.15) is 16.8 Å². The molecule has 15 nitrogen and oxygen atoms in total. The third-order valence-electron chi connectivity index (χ3n) is 12.4. The number of urea groups is 2. The lowest BCUT2D eigenvalue weighted by atomic mass is 9.93. The smallest absolute Gasteiger partial charge is 0.319 e. The second-order valence-electron chi connectivity index (χ2n) is 17.4. The van der Waals surface area contributed by atoms with Gasteiger partial charge >= 0.3 is 12.1 Å². The minimum atomic E-state index is -4.80. The topological polar surface area (TPSA) is 229 Å². The molecule has 1 heterocycles. The van der Waals surface area contributed by atoms with Crippen LogP contribution in [0.2, 0.25) is 0 Å². The molecule has 362 valence electrons. The van der Waals surface area contributed by atoms with Crippen LogP contribution in [0, 0.1) is 47.5 Å². The van der Waals surface area contributed by atoms with Crippen LogP contribution in [0.4, 0.5) is 38.0 Å². The lowest BCUT2D eigenvalue weighted by Crippen LogP contribution is -2.33. The molecule has 17 heteroatoms. The summed E-state index contributed by atoms with van der Waals surface area (Å²) >= 11 is 0. The molecule has 1 atom stereocenters. The van der Waals surface area contributed by atoms with Crippen LogP contribution in [0.1, 0.15) is 92.7 Å². The van der Waals surface area contributed by atoms with E-state index in [0.29, 0.717) is 57.5 Å². The third kappa shape index (κ3) is 11.3. The Morgan fingerprint density at radius 3 is 2.04 bits per heavy atom. The van der Waals surface area contributed by atoms with Gasteiger partial charge < -0.3 is 31.0 Å². The van der Waals surface area contributed by atoms with Crippen molar-refractivity contribution in [2.75, 3.05) is 29.0 Å². The van der Waals surface area contributed by atoms with Gasteiger partial charge in [-0.25, -0.2) is 14.6 Å². The molecule has 6 rings (SSSR count). The zero-order valence-corrected chi connectivity index (χ0v) is 41.7. The van der Waals surface area contributed by atoms with Gasteiger partial charge in [0.2, 0.25) is 0 Å². The molecule has 0 bridgehead atoms. The van der Waals surface area contributed by atoms with E-state index >= 15 is 0 Å². The molecule has 0 saturated carbocycles. The molecule has 0 fully saturated rings. The summed E-state index contributed by atoms with van der Waals surface area (Å²) in [6.07, 6.45) is 5.71. The molecular weight excluding hydrogens is 905 g/mol. The SMILES string of the molecule is CCCCNC(=O)Nc1c(C)cc(C)c(Nc2ccc3c(-c4ccccc4S(=O)(=O)O)c4ccc(=Nc5c(C)c(NC(=O)NCC(CC)CCCC)c(C)c(S(=O)(=O)O)c5C)cc-4oc3c2)c1C. The number of aryl methyl sites for hydroxylation is 2. The van der Waals surface area contributed by atoms with Crippen molar-refractivity contribution in [1.82, 2.24) is 10.6 Å². The molecule has 4 aromatic carbocycles. The predicted molar refractivity (Wildman–Crippen MR) is 270 cm³/mol. The maximum atomic E-state index is 13.3. The van der Waals surface area contributed by atoms with Crippen LogP contribution in [0.15, 0.2) is 85.9 Å². The number of anilines is 4. The molecule has 0 aromatic heterocycles. The zero-order valence-electron chi connectivity index (χ0n) is 40.1. The van der Waals surface area contributed by atoms with Crippen molar-refractivity contribution in [1.29, 1.82) is 0 Å². The molecule has 0 radical (unpaired) electrons. The Morgan fingerprint density at radius 2 is 1.37 bits per heavy atom. The second kappa shape index (κ2) is 21.4. The van der Waals surface area contributed by atoms with Crippen molar-refractivity contribution in [3.63, 3.8) is 0 Å². The summed E-state index contributed by atoms with van der Waals surface area (Å²) in [6, 6.07) is 17.6. The molecule has 0 saturated heterocycles. The summed E-state index contributed by atoms with van der Waals surface area (Å²) in [5, 5.41) is 16.0. The van der Waals surface area contributed by atoms with Crippen molar-refractivity contribution in [3.8, 4) is 22.5 Å². The van der Waals surface area contributed by atoms with E-state index in [0.717, 1.165) is 60.9 Å². The minimum Gasteiger partial charge on any atom is -0.456 e. The van der Waals surface area contributed by atoms with Crippen LogP contribution in [0.25, 0.3) is 33.4 Å². The van der Waals surface area contributed by atoms with E-state index in [9.17, 15) is 35.5 Å². The van der Waals surface area contributed by atoms with Gasteiger partial charge in [-0.1, -0.05) is 70.7 Å². The fraction of sp³-hybridized carbons (Fsp3) is 0.353. The number of benzene rings is 5. The van der Waals surface area contributed by atoms with E-state index in [1.807, 2.05) is 32.9 Å². The van der Waals surface area contributed by atoms with Gasteiger partial charge in [-0.15, -0.1) is 0 Å². The standard InChI is InChI=1S/C51H62N6O9S2/c1-10-13-17-35(12-3)28-53-51(59)57-48-32(7)47(33(8)49(34(48)9)68(63,64)65)55-37-21-23-39-42(27-37)66-41-26-36(20-22-38(41)44(39)40-18-15-16-19-43(40)67(60,61)62)54-45-29(4)25-30(5)46(31(45)6)56-50(58)52-24-14-11-2/h15-16,18-23,25-27,35,54H,10-14,17,24,28H2,1-9H3,(H2,52,56,58)(H2,53,57,59)(H,60,61,62)(H,63,64,65). The average Bonchev–Trinajstić information content (AvgIpc) is 3.28. The normalized spacial score (nSPS) is 12.6. The number of fused-ring (bicyclic) bond motifs is 2. The summed E-state index contributed by atoms with van der Waals surface area (Å²) in [5.74, 6) is 0.538. The molecule has 4 aromatic rings. The van der Waals surface area contributed by atoms with E-state index < -0.39 is 26.3 Å². The fourth-order valence-corrected chi connectivity index (χ4v) is 10.5. The Bertz CT molecular complexity index is 3170. The Labute approximate surface area is 399 Å². The highest BCUT2D eigenvalue weighted by Gasteiger charge is 2.27. The highest BCUT2D eigenvalue weighted by atomic mass is 32.2. The molecule has 4 amide bonds. The van der Waals surface area contributed by atoms with Gasteiger partial charge in [-0.05, 0) is 124 Å². The summed E-state index contributed by atoms with van der Waals surface area (Å²) in [7, 11) is -9.50. The Kier molecular flexibility index (Phi) is 16.1. The quantitative estimate of drug-likeness (QED) is 0.0260. The summed E-state index contributed by atoms with van der Waals surface area (Å²) in [6.45, 7) is 17.8. The average molecular weight is 967 g/mol. The van der Waals surface area contributed by atoms with Gasteiger partial charge in [0, 0.05) is 58.7 Å². The van der Waals surface area contributed by atoms with E-state index in [-0.39, 0.29) is 55.6 Å². The first-order chi connectivity index (χ1) is 32.2. The number of carbonyl (C=O) groups excluding carboxylic acids is 2. The first-order valence-corrected chi connectivity index (χ1v) is 25.8. The van der Waals surface area contributed by atoms with Crippen LogP contribution >= 0.6 is 0 Å². The van der Waals surface area contributed by atoms with Gasteiger partial charge in [0.15, 0.2) is 0 Å². The minimum absolute atomic E-state index is 0.151. The highest BCUT2D eigenvalue weighted by Crippen LogP contribution is 2.44. The fourth-order valence-electron chi connectivity index (χ4n) is 8.86. The number of nitrogens with zero attached hydrogens (tertiary/aromatic N) is 1. The Hall–Kier alpha value is -6.27. The number of unbranched alkanes of at least 4 members (excludes halogenated alkanes) is 2. The van der Waals surface area contributed by atoms with E-state index in [1.54, 1.807) is 49.4 Å². The second-order valence-corrected chi connectivity index (χ2v) is 20.1. The molecule has 7 N–H and O–H groups in total. The van der Waals surface area contributed by atoms with Crippen LogP contribution < -0.4 is 31.9 Å². The van der Waals surface area contributed by atoms with Crippen LogP contribution in [-0.2, 0) is 20.2 Å². The molecular formula is C51H62N6O9S2. The Morgan fingerprint density at radius 1 is 0.691 bits per heavy atom. The van der Waals surface area contributed by atoms with E-state index in [1.165, 1.54) is 26.0 Å². The number of hydrogen-bond acceptors (Lipinski definition) is 9. The van der Waals surface area contributed by atoms with Crippen LogP contribution in [0.5, 0.6) is 0 Å². The predicted octanol–water partition coefficient (Wildman–Crippen LogP) is 11.8. The number of hydrogen-bond donors (Lipinski definition) is 7. The monoisotopic (exact) mass is 966 g/mol. The van der Waals surface area contributed by atoms with E-state index in [2.05, 4.69) is 47.4 Å². The van der Waals surface area contributed by atoms with Gasteiger partial charge in [0.25, 0.3) is 20.2 Å². The van der Waals surface area contributed by atoms with Gasteiger partial charge in [-0.3, -0.25) is 9.11 Å². The van der Waals surface area contributed by atoms with Crippen molar-refractivity contribution in [2.45, 2.75) is 111 Å². The summed E-state index contributed by atoms with van der Waals surface area (Å²) in [4.78, 5) is 30.3. The van der Waals surface area contributed by atoms with Crippen LogP contribution in [0.3, 0.4) is 0 Å². The molecule has 1 aliphatic heterocycles. The largest absolute Gasteiger partial charge is 0.456 e. The summed E-state index contributed by atoms with van der Waals surface area (Å²) in [5.41, 5.74) is 7.27. The number of nitrogens with one attached hydrogen (secondary N) is 5. The number of amides is 4. The molecule has 1 aliphatic carbocycles. The lowest BCUT2D eigenvalue weighted by molar-refractivity contribution is 0.249. The van der Waals surface area contributed by atoms with Crippen molar-refractivity contribution in [2.24, 2.45) is 10.9 Å². The maximum Gasteiger partial charge on any atom is 0.319 e. The van der Waals surface area contributed by atoms with Crippen molar-refractivity contribution < 1.29 is 39.9 Å². The van der Waals surface area contributed by atoms with Gasteiger partial charge in [0.05, 0.1) is 22.4 Å². The molecule has 68 heavy (non-hydrogen) atoms. The lowest BCUT2D eigenvalue weighted by Gasteiger charge is -2.21. The Balaban J connectivity index is 1.52. The first kappa shape index (κ1) is 51.1. The first-order valence-electron chi connectivity index (χ1n) is 22.9. The third-order valence-corrected chi connectivity index (χ3v) is 14.4. The zero-order chi connectivity index (χ0) is 49.7. The molecule has 1 unspecified atom stereocenters. The summed E-state index contributed by atoms with van der Waals surface area (Å²) < 4.78 is 79.1. The number of rotatable bonds is 17.